The fraction of sp³-hybridized carbons (Fsp3) is 0.364. The molecular weight excluding hydrogens is 190 g/mol. The van der Waals surface area contributed by atoms with E-state index in [0.717, 1.165) is 30.5 Å². The molecule has 0 aromatic heterocycles. The zero-order valence-electron chi connectivity index (χ0n) is 9.00. The lowest BCUT2D eigenvalue weighted by Crippen LogP contribution is -2.26. The summed E-state index contributed by atoms with van der Waals surface area (Å²) in [5.41, 5.74) is 2.12. The van der Waals surface area contributed by atoms with Gasteiger partial charge in [0, 0.05) is 6.54 Å². The van der Waals surface area contributed by atoms with Gasteiger partial charge in [0.25, 0.3) is 0 Å². The van der Waals surface area contributed by atoms with E-state index in [1.165, 1.54) is 5.56 Å². The summed E-state index contributed by atoms with van der Waals surface area (Å²) in [6.07, 6.45) is 0. The summed E-state index contributed by atoms with van der Waals surface area (Å²) in [5, 5.41) is 6.36. The van der Waals surface area contributed by atoms with E-state index in [0.29, 0.717) is 0 Å². The van der Waals surface area contributed by atoms with Crippen LogP contribution in [0.25, 0.3) is 0 Å². The highest BCUT2D eigenvalue weighted by Crippen LogP contribution is 2.25. The monoisotopic (exact) mass is 205 g/mol. The second kappa shape index (κ2) is 4.21. The summed E-state index contributed by atoms with van der Waals surface area (Å²) in [4.78, 5) is 4.27. The van der Waals surface area contributed by atoms with Crippen molar-refractivity contribution in [3.05, 3.63) is 23.8 Å². The molecule has 0 radical (unpaired) electrons. The van der Waals surface area contributed by atoms with Gasteiger partial charge in [0.15, 0.2) is 5.96 Å². The van der Waals surface area contributed by atoms with Gasteiger partial charge in [-0.05, 0) is 24.6 Å². The molecule has 0 unspecified atom stereocenters. The number of ether oxygens (including phenoxy) is 1. The summed E-state index contributed by atoms with van der Waals surface area (Å²) >= 11 is 0. The molecule has 15 heavy (non-hydrogen) atoms. The van der Waals surface area contributed by atoms with Gasteiger partial charge in [0.05, 0.1) is 19.3 Å². The Labute approximate surface area is 89.4 Å². The first-order valence-corrected chi connectivity index (χ1v) is 4.99. The minimum Gasteiger partial charge on any atom is -0.495 e. The predicted molar refractivity (Wildman–Crippen MR) is 61.7 cm³/mol. The van der Waals surface area contributed by atoms with Crippen molar-refractivity contribution in [2.75, 3.05) is 25.5 Å². The molecule has 0 amide bonds. The number of hydrogen-bond acceptors (Lipinski definition) is 4. The molecule has 0 saturated carbocycles. The van der Waals surface area contributed by atoms with Crippen LogP contribution in [-0.4, -0.2) is 26.2 Å². The van der Waals surface area contributed by atoms with Crippen molar-refractivity contribution in [3.8, 4) is 5.75 Å². The molecule has 1 heterocycles. The molecule has 4 nitrogen and oxygen atoms in total. The van der Waals surface area contributed by atoms with Crippen molar-refractivity contribution in [1.82, 2.24) is 5.32 Å². The maximum absolute atomic E-state index is 5.29. The Hall–Kier alpha value is -1.71. The summed E-state index contributed by atoms with van der Waals surface area (Å²) < 4.78 is 5.29. The van der Waals surface area contributed by atoms with E-state index < -0.39 is 0 Å². The van der Waals surface area contributed by atoms with Gasteiger partial charge < -0.3 is 15.4 Å². The Morgan fingerprint density at radius 2 is 2.33 bits per heavy atom. The average Bonchev–Trinajstić information content (AvgIpc) is 2.73. The topological polar surface area (TPSA) is 45.6 Å². The first-order chi connectivity index (χ1) is 7.29. The van der Waals surface area contributed by atoms with Crippen molar-refractivity contribution >= 4 is 11.6 Å². The Kier molecular flexibility index (Phi) is 2.76. The quantitative estimate of drug-likeness (QED) is 0.766. The molecule has 0 saturated heterocycles. The molecular formula is C11H15N3O. The van der Waals surface area contributed by atoms with E-state index in [-0.39, 0.29) is 0 Å². The number of nitrogens with zero attached hydrogens (tertiary/aromatic N) is 1. The van der Waals surface area contributed by atoms with E-state index in [4.69, 9.17) is 4.74 Å². The van der Waals surface area contributed by atoms with E-state index in [2.05, 4.69) is 15.6 Å². The molecule has 2 N–H and O–H groups in total. The Morgan fingerprint density at radius 3 is 3.00 bits per heavy atom. The number of hydrogen-bond donors (Lipinski definition) is 2. The minimum atomic E-state index is 0.817. The van der Waals surface area contributed by atoms with Crippen molar-refractivity contribution in [2.45, 2.75) is 6.92 Å². The lowest BCUT2D eigenvalue weighted by molar-refractivity contribution is 0.416. The Balaban J connectivity index is 2.19. The Bertz CT molecular complexity index is 387. The van der Waals surface area contributed by atoms with Crippen LogP contribution >= 0.6 is 0 Å². The predicted octanol–water partition coefficient (Wildman–Crippen LogP) is 1.37. The van der Waals surface area contributed by atoms with Crippen LogP contribution < -0.4 is 15.4 Å². The number of aliphatic imine (C=N–C) groups is 1. The van der Waals surface area contributed by atoms with Crippen LogP contribution in [0.15, 0.2) is 23.2 Å². The molecule has 0 fully saturated rings. The molecule has 0 spiro atoms. The van der Waals surface area contributed by atoms with Crippen molar-refractivity contribution in [1.29, 1.82) is 0 Å². The minimum absolute atomic E-state index is 0.817. The third kappa shape index (κ3) is 2.21. The molecule has 80 valence electrons. The number of methoxy groups -OCH3 is 1. The third-order valence-corrected chi connectivity index (χ3v) is 2.28. The molecule has 1 aliphatic rings. The highest BCUT2D eigenvalue weighted by atomic mass is 16.5. The molecule has 1 aliphatic heterocycles. The summed E-state index contributed by atoms with van der Waals surface area (Å²) in [7, 11) is 1.67. The van der Waals surface area contributed by atoms with Crippen LogP contribution in [0.3, 0.4) is 0 Å². The summed E-state index contributed by atoms with van der Waals surface area (Å²) in [6.45, 7) is 3.77. The maximum Gasteiger partial charge on any atom is 0.196 e. The van der Waals surface area contributed by atoms with E-state index in [9.17, 15) is 0 Å². The first kappa shape index (κ1) is 9.83. The third-order valence-electron chi connectivity index (χ3n) is 2.28. The lowest BCUT2D eigenvalue weighted by Gasteiger charge is -2.11. The van der Waals surface area contributed by atoms with Gasteiger partial charge in [-0.3, -0.25) is 4.99 Å². The van der Waals surface area contributed by atoms with Gasteiger partial charge in [0.2, 0.25) is 0 Å². The van der Waals surface area contributed by atoms with Gasteiger partial charge >= 0.3 is 0 Å². The molecule has 0 aliphatic carbocycles. The number of benzene rings is 1. The molecule has 4 heteroatoms. The maximum atomic E-state index is 5.29. The summed E-state index contributed by atoms with van der Waals surface area (Å²) in [6, 6.07) is 6.04. The zero-order valence-corrected chi connectivity index (χ0v) is 9.00. The second-order valence-corrected chi connectivity index (χ2v) is 3.49. The lowest BCUT2D eigenvalue weighted by atomic mass is 10.2. The molecule has 0 bridgehead atoms. The van der Waals surface area contributed by atoms with Gasteiger partial charge in [0.1, 0.15) is 5.75 Å². The van der Waals surface area contributed by atoms with Gasteiger partial charge in [-0.25, -0.2) is 0 Å². The molecule has 1 aromatic rings. The van der Waals surface area contributed by atoms with Crippen molar-refractivity contribution in [2.24, 2.45) is 4.99 Å². The van der Waals surface area contributed by atoms with Crippen molar-refractivity contribution < 1.29 is 4.74 Å². The van der Waals surface area contributed by atoms with Crippen LogP contribution in [0.1, 0.15) is 5.56 Å². The molecule has 2 rings (SSSR count). The van der Waals surface area contributed by atoms with Gasteiger partial charge in [-0.1, -0.05) is 6.07 Å². The summed E-state index contributed by atoms with van der Waals surface area (Å²) in [5.74, 6) is 1.66. The average molecular weight is 205 g/mol. The Morgan fingerprint density at radius 1 is 1.47 bits per heavy atom. The first-order valence-electron chi connectivity index (χ1n) is 4.99. The molecule has 0 atom stereocenters. The van der Waals surface area contributed by atoms with E-state index in [1.54, 1.807) is 7.11 Å². The van der Waals surface area contributed by atoms with Gasteiger partial charge in [-0.15, -0.1) is 0 Å². The normalized spacial score (nSPS) is 14.4. The standard InChI is InChI=1S/C11H15N3O/c1-8-3-4-9(10(7-8)15-2)14-11-12-5-6-13-11/h3-4,7H,5-6H2,1-2H3,(H2,12,13,14). The number of aryl methyl sites for hydroxylation is 1. The zero-order chi connectivity index (χ0) is 10.7. The molecule has 1 aromatic carbocycles. The number of rotatable bonds is 2. The number of guanidine groups is 1. The van der Waals surface area contributed by atoms with Crippen LogP contribution in [0, 0.1) is 6.92 Å². The van der Waals surface area contributed by atoms with Crippen LogP contribution in [-0.2, 0) is 0 Å². The highest BCUT2D eigenvalue weighted by Gasteiger charge is 2.08. The van der Waals surface area contributed by atoms with E-state index in [1.807, 2.05) is 25.1 Å². The largest absolute Gasteiger partial charge is 0.495 e. The van der Waals surface area contributed by atoms with Gasteiger partial charge in [-0.2, -0.15) is 0 Å². The van der Waals surface area contributed by atoms with Crippen LogP contribution in [0.2, 0.25) is 0 Å². The van der Waals surface area contributed by atoms with Crippen LogP contribution in [0.5, 0.6) is 5.75 Å². The van der Waals surface area contributed by atoms with E-state index >= 15 is 0 Å². The second-order valence-electron chi connectivity index (χ2n) is 3.49. The number of anilines is 1. The van der Waals surface area contributed by atoms with Crippen LogP contribution in [0.4, 0.5) is 5.69 Å². The highest BCUT2D eigenvalue weighted by molar-refractivity contribution is 5.95. The fourth-order valence-electron chi connectivity index (χ4n) is 1.51. The smallest absolute Gasteiger partial charge is 0.196 e. The number of nitrogens with one attached hydrogen (secondary N) is 2. The SMILES string of the molecule is COc1cc(C)ccc1NC1=NCCN1. The van der Waals surface area contributed by atoms with Crippen molar-refractivity contribution in [3.63, 3.8) is 0 Å². The fourth-order valence-corrected chi connectivity index (χ4v) is 1.51.